The minimum absolute atomic E-state index is 0.0103. The highest BCUT2D eigenvalue weighted by Crippen LogP contribution is 2.13. The Morgan fingerprint density at radius 3 is 2.54 bits per heavy atom. The van der Waals surface area contributed by atoms with Gasteiger partial charge in [-0.2, -0.15) is 5.10 Å². The average Bonchev–Trinajstić information content (AvgIpc) is 2.87. The normalized spacial score (nSPS) is 12.4. The molecule has 5 nitrogen and oxygen atoms in total. The lowest BCUT2D eigenvalue weighted by molar-refractivity contribution is -0.122. The van der Waals surface area contributed by atoms with E-state index in [1.807, 2.05) is 29.7 Å². The van der Waals surface area contributed by atoms with Crippen molar-refractivity contribution in [3.63, 3.8) is 0 Å². The zero-order chi connectivity index (χ0) is 17.7. The first-order valence-corrected chi connectivity index (χ1v) is 8.46. The molecule has 1 atom stereocenters. The Morgan fingerprint density at radius 1 is 1.29 bits per heavy atom. The van der Waals surface area contributed by atoms with E-state index < -0.39 is 0 Å². The molecule has 24 heavy (non-hydrogen) atoms. The van der Waals surface area contributed by atoms with Crippen LogP contribution >= 0.6 is 0 Å². The summed E-state index contributed by atoms with van der Waals surface area (Å²) in [5, 5.41) is 7.41. The number of amides is 1. The second-order valence-corrected chi connectivity index (χ2v) is 6.44. The number of hydrogen-bond acceptors (Lipinski definition) is 3. The number of likely N-dealkylation sites (N-methyl/N-ethyl adjacent to an activating group) is 1. The smallest absolute Gasteiger partial charge is 0.234 e. The molecule has 1 aromatic heterocycles. The molecule has 2 rings (SSSR count). The topological polar surface area (TPSA) is 50.2 Å². The van der Waals surface area contributed by atoms with Crippen LogP contribution in [0.2, 0.25) is 0 Å². The quantitative estimate of drug-likeness (QED) is 0.850. The molecule has 5 heteroatoms. The van der Waals surface area contributed by atoms with Crippen LogP contribution < -0.4 is 5.32 Å². The highest BCUT2D eigenvalue weighted by atomic mass is 16.2. The predicted molar refractivity (Wildman–Crippen MR) is 96.7 cm³/mol. The van der Waals surface area contributed by atoms with Crippen LogP contribution in [-0.2, 0) is 17.9 Å². The van der Waals surface area contributed by atoms with Crippen molar-refractivity contribution in [2.75, 3.05) is 13.6 Å². The van der Waals surface area contributed by atoms with Crippen molar-refractivity contribution in [2.45, 2.75) is 46.8 Å². The number of carbonyl (C=O) groups is 1. The van der Waals surface area contributed by atoms with Crippen molar-refractivity contribution in [1.82, 2.24) is 20.0 Å². The van der Waals surface area contributed by atoms with Crippen LogP contribution in [0.4, 0.5) is 0 Å². The Hall–Kier alpha value is -2.14. The predicted octanol–water partition coefficient (Wildman–Crippen LogP) is 2.83. The minimum atomic E-state index is 0.0103. The maximum absolute atomic E-state index is 12.3. The summed E-state index contributed by atoms with van der Waals surface area (Å²) in [5.74, 6) is 0.0334. The van der Waals surface area contributed by atoms with Gasteiger partial charge in [-0.1, -0.05) is 29.8 Å². The molecule has 130 valence electrons. The van der Waals surface area contributed by atoms with Crippen molar-refractivity contribution in [3.05, 3.63) is 52.8 Å². The van der Waals surface area contributed by atoms with E-state index in [-0.39, 0.29) is 11.9 Å². The van der Waals surface area contributed by atoms with Crippen LogP contribution in [0.25, 0.3) is 0 Å². The van der Waals surface area contributed by atoms with Crippen LogP contribution in [0.1, 0.15) is 42.3 Å². The SMILES string of the molecule is CCn1ncc(CN(C)CC(=O)NC(C)c2ccc(C)cc2)c1C. The lowest BCUT2D eigenvalue weighted by atomic mass is 10.1. The summed E-state index contributed by atoms with van der Waals surface area (Å²) in [7, 11) is 1.96. The molecule has 1 amide bonds. The second-order valence-electron chi connectivity index (χ2n) is 6.44. The molecule has 0 radical (unpaired) electrons. The zero-order valence-electron chi connectivity index (χ0n) is 15.3. The lowest BCUT2D eigenvalue weighted by Gasteiger charge is -2.19. The van der Waals surface area contributed by atoms with Gasteiger partial charge < -0.3 is 5.32 Å². The fourth-order valence-electron chi connectivity index (χ4n) is 2.78. The molecule has 1 N–H and O–H groups in total. The fraction of sp³-hybridized carbons (Fsp3) is 0.474. The first-order chi connectivity index (χ1) is 11.4. The van der Waals surface area contributed by atoms with Crippen LogP contribution in [0, 0.1) is 13.8 Å². The summed E-state index contributed by atoms with van der Waals surface area (Å²) in [6.45, 7) is 10.2. The van der Waals surface area contributed by atoms with Gasteiger partial charge in [0.15, 0.2) is 0 Å². The van der Waals surface area contributed by atoms with Crippen molar-refractivity contribution in [2.24, 2.45) is 0 Å². The van der Waals surface area contributed by atoms with E-state index in [0.717, 1.165) is 24.3 Å². The Labute approximate surface area is 144 Å². The number of carbonyl (C=O) groups excluding carboxylic acids is 1. The minimum Gasteiger partial charge on any atom is -0.348 e. The third-order valence-electron chi connectivity index (χ3n) is 4.31. The van der Waals surface area contributed by atoms with Crippen molar-refractivity contribution in [1.29, 1.82) is 0 Å². The van der Waals surface area contributed by atoms with E-state index in [1.165, 1.54) is 11.1 Å². The first-order valence-electron chi connectivity index (χ1n) is 8.46. The Balaban J connectivity index is 1.86. The summed E-state index contributed by atoms with van der Waals surface area (Å²) in [6.07, 6.45) is 1.89. The maximum atomic E-state index is 12.3. The van der Waals surface area contributed by atoms with Gasteiger partial charge in [-0.15, -0.1) is 0 Å². The zero-order valence-corrected chi connectivity index (χ0v) is 15.3. The largest absolute Gasteiger partial charge is 0.348 e. The molecule has 0 bridgehead atoms. The van der Waals surface area contributed by atoms with Crippen molar-refractivity contribution < 1.29 is 4.79 Å². The van der Waals surface area contributed by atoms with E-state index in [9.17, 15) is 4.79 Å². The first kappa shape index (κ1) is 18.2. The highest BCUT2D eigenvalue weighted by Gasteiger charge is 2.13. The standard InChI is InChI=1S/C19H28N4O/c1-6-23-16(4)18(11-20-23)12-22(5)13-19(24)21-15(3)17-9-7-14(2)8-10-17/h7-11,15H,6,12-13H2,1-5H3,(H,21,24). The van der Waals surface area contributed by atoms with Crippen LogP contribution in [0.3, 0.4) is 0 Å². The van der Waals surface area contributed by atoms with Gasteiger partial charge in [0.25, 0.3) is 0 Å². The van der Waals surface area contributed by atoms with Gasteiger partial charge in [0, 0.05) is 24.3 Å². The molecular weight excluding hydrogens is 300 g/mol. The van der Waals surface area contributed by atoms with Gasteiger partial charge >= 0.3 is 0 Å². The molecule has 1 aromatic carbocycles. The van der Waals surface area contributed by atoms with Gasteiger partial charge in [-0.3, -0.25) is 14.4 Å². The highest BCUT2D eigenvalue weighted by molar-refractivity contribution is 5.78. The Morgan fingerprint density at radius 2 is 1.96 bits per heavy atom. The molecule has 1 heterocycles. The average molecular weight is 328 g/mol. The molecule has 0 aliphatic rings. The molecule has 1 unspecified atom stereocenters. The Bertz CT molecular complexity index is 675. The number of aryl methyl sites for hydroxylation is 2. The second kappa shape index (κ2) is 8.11. The number of nitrogens with zero attached hydrogens (tertiary/aromatic N) is 3. The van der Waals surface area contributed by atoms with Gasteiger partial charge in [-0.05, 0) is 40.3 Å². The number of nitrogens with one attached hydrogen (secondary N) is 1. The number of benzene rings is 1. The lowest BCUT2D eigenvalue weighted by Crippen LogP contribution is -2.36. The third-order valence-corrected chi connectivity index (χ3v) is 4.31. The van der Waals surface area contributed by atoms with Crippen molar-refractivity contribution in [3.8, 4) is 0 Å². The van der Waals surface area contributed by atoms with E-state index >= 15 is 0 Å². The summed E-state index contributed by atoms with van der Waals surface area (Å²) in [5.41, 5.74) is 4.67. The van der Waals surface area contributed by atoms with Gasteiger partial charge in [0.05, 0.1) is 18.8 Å². The van der Waals surface area contributed by atoms with E-state index in [1.54, 1.807) is 0 Å². The van der Waals surface area contributed by atoms with Gasteiger partial charge in [-0.25, -0.2) is 0 Å². The molecule has 0 spiro atoms. The number of hydrogen-bond donors (Lipinski definition) is 1. The van der Waals surface area contributed by atoms with E-state index in [0.29, 0.717) is 6.54 Å². The number of aromatic nitrogens is 2. The maximum Gasteiger partial charge on any atom is 0.234 e. The third kappa shape index (κ3) is 4.68. The number of rotatable bonds is 7. The monoisotopic (exact) mass is 328 g/mol. The summed E-state index contributed by atoms with van der Waals surface area (Å²) < 4.78 is 1.97. The van der Waals surface area contributed by atoms with E-state index in [2.05, 4.69) is 55.5 Å². The molecular formula is C19H28N4O. The molecule has 0 saturated heterocycles. The van der Waals surface area contributed by atoms with E-state index in [4.69, 9.17) is 0 Å². The molecule has 0 aliphatic carbocycles. The van der Waals surface area contributed by atoms with Crippen LogP contribution in [-0.4, -0.2) is 34.2 Å². The summed E-state index contributed by atoms with van der Waals surface area (Å²) >= 11 is 0. The molecule has 2 aromatic rings. The van der Waals surface area contributed by atoms with Gasteiger partial charge in [0.1, 0.15) is 0 Å². The summed E-state index contributed by atoms with van der Waals surface area (Å²) in [4.78, 5) is 14.3. The summed E-state index contributed by atoms with van der Waals surface area (Å²) in [6, 6.07) is 8.27. The van der Waals surface area contributed by atoms with Crippen molar-refractivity contribution >= 4 is 5.91 Å². The van der Waals surface area contributed by atoms with Crippen LogP contribution in [0.5, 0.6) is 0 Å². The van der Waals surface area contributed by atoms with Gasteiger partial charge in [0.2, 0.25) is 5.91 Å². The van der Waals surface area contributed by atoms with Crippen LogP contribution in [0.15, 0.2) is 30.5 Å². The molecule has 0 aliphatic heterocycles. The molecule has 0 fully saturated rings. The Kier molecular flexibility index (Phi) is 6.15. The fourth-order valence-corrected chi connectivity index (χ4v) is 2.78. The molecule has 0 saturated carbocycles.